The van der Waals surface area contributed by atoms with Gasteiger partial charge in [-0.1, -0.05) is 44.2 Å². The molecular formula is C29H30N2O6. The Morgan fingerprint density at radius 3 is 2.19 bits per heavy atom. The van der Waals surface area contributed by atoms with Crippen LogP contribution in [0.1, 0.15) is 82.4 Å². The highest BCUT2D eigenvalue weighted by molar-refractivity contribution is 6.23. The van der Waals surface area contributed by atoms with Gasteiger partial charge in [-0.25, -0.2) is 0 Å². The number of aromatic hydroxyl groups is 2. The molecule has 37 heavy (non-hydrogen) atoms. The summed E-state index contributed by atoms with van der Waals surface area (Å²) in [6.07, 6.45) is 2.63. The summed E-state index contributed by atoms with van der Waals surface area (Å²) >= 11 is 0. The van der Waals surface area contributed by atoms with Gasteiger partial charge < -0.3 is 10.2 Å². The van der Waals surface area contributed by atoms with Crippen molar-refractivity contribution in [1.82, 2.24) is 4.90 Å². The van der Waals surface area contributed by atoms with Crippen molar-refractivity contribution in [3.05, 3.63) is 98.6 Å². The molecule has 0 spiro atoms. The molecule has 8 nitrogen and oxygen atoms in total. The van der Waals surface area contributed by atoms with Gasteiger partial charge in [0.05, 0.1) is 10.5 Å². The maximum Gasteiger partial charge on any atom is 0.282 e. The molecule has 0 saturated heterocycles. The van der Waals surface area contributed by atoms with Crippen molar-refractivity contribution < 1.29 is 24.7 Å². The first-order chi connectivity index (χ1) is 17.8. The van der Waals surface area contributed by atoms with Crippen LogP contribution < -0.4 is 0 Å². The Bertz CT molecular complexity index is 1330. The first kappa shape index (κ1) is 25.9. The van der Waals surface area contributed by atoms with E-state index in [1.54, 1.807) is 18.2 Å². The van der Waals surface area contributed by atoms with Gasteiger partial charge in [0.1, 0.15) is 17.1 Å². The summed E-state index contributed by atoms with van der Waals surface area (Å²) in [5.41, 5.74) is 2.48. The SMILES string of the molecule is CCC(c1ccc(O)cc1)C(CC)c1ccc(O)c(CCCN2C(=O)c3cccc([N+](=O)[O-])c3C2=O)c1. The van der Waals surface area contributed by atoms with E-state index in [4.69, 9.17) is 0 Å². The molecule has 0 saturated carbocycles. The molecule has 1 aliphatic heterocycles. The Morgan fingerprint density at radius 1 is 0.892 bits per heavy atom. The maximum absolute atomic E-state index is 12.8. The van der Waals surface area contributed by atoms with Gasteiger partial charge in [0.15, 0.2) is 0 Å². The van der Waals surface area contributed by atoms with E-state index in [0.29, 0.717) is 12.8 Å². The minimum atomic E-state index is -0.656. The van der Waals surface area contributed by atoms with Gasteiger partial charge in [-0.3, -0.25) is 24.6 Å². The van der Waals surface area contributed by atoms with Crippen LogP contribution in [-0.2, 0) is 6.42 Å². The van der Waals surface area contributed by atoms with Gasteiger partial charge in [-0.2, -0.15) is 0 Å². The summed E-state index contributed by atoms with van der Waals surface area (Å²) in [4.78, 5) is 37.3. The first-order valence-corrected chi connectivity index (χ1v) is 12.5. The monoisotopic (exact) mass is 502 g/mol. The second-order valence-corrected chi connectivity index (χ2v) is 9.33. The number of imide groups is 1. The van der Waals surface area contributed by atoms with Crippen LogP contribution >= 0.6 is 0 Å². The van der Waals surface area contributed by atoms with Gasteiger partial charge >= 0.3 is 0 Å². The first-order valence-electron chi connectivity index (χ1n) is 12.5. The number of hydrogen-bond donors (Lipinski definition) is 2. The van der Waals surface area contributed by atoms with E-state index >= 15 is 0 Å². The molecule has 192 valence electrons. The molecule has 0 aliphatic carbocycles. The van der Waals surface area contributed by atoms with Crippen LogP contribution in [0.4, 0.5) is 5.69 Å². The van der Waals surface area contributed by atoms with Crippen molar-refractivity contribution in [1.29, 1.82) is 0 Å². The van der Waals surface area contributed by atoms with Crippen LogP contribution in [0.5, 0.6) is 11.5 Å². The molecule has 3 aromatic carbocycles. The molecule has 0 fully saturated rings. The summed E-state index contributed by atoms with van der Waals surface area (Å²) in [6, 6.07) is 16.9. The average Bonchev–Trinajstić information content (AvgIpc) is 3.14. The fraction of sp³-hybridized carbons (Fsp3) is 0.310. The van der Waals surface area contributed by atoms with Crippen LogP contribution in [-0.4, -0.2) is 38.4 Å². The molecule has 2 atom stereocenters. The van der Waals surface area contributed by atoms with Crippen LogP contribution in [0, 0.1) is 10.1 Å². The van der Waals surface area contributed by atoms with Crippen LogP contribution in [0.15, 0.2) is 60.7 Å². The van der Waals surface area contributed by atoms with Crippen molar-refractivity contribution in [3.8, 4) is 11.5 Å². The Labute approximate surface area is 215 Å². The van der Waals surface area contributed by atoms with E-state index in [-0.39, 0.29) is 46.7 Å². The molecule has 2 N–H and O–H groups in total. The molecule has 4 rings (SSSR count). The zero-order chi connectivity index (χ0) is 26.7. The molecule has 3 aromatic rings. The number of nitrogens with zero attached hydrogens (tertiary/aromatic N) is 2. The number of aryl methyl sites for hydroxylation is 1. The zero-order valence-electron chi connectivity index (χ0n) is 20.9. The van der Waals surface area contributed by atoms with E-state index in [1.165, 1.54) is 18.2 Å². The molecule has 1 aliphatic rings. The molecule has 0 bridgehead atoms. The van der Waals surface area contributed by atoms with Gasteiger partial charge in [-0.15, -0.1) is 0 Å². The molecule has 2 amide bonds. The number of carbonyl (C=O) groups excluding carboxylic acids is 2. The number of fused-ring (bicyclic) bond motifs is 1. The summed E-state index contributed by atoms with van der Waals surface area (Å²) in [5, 5.41) is 31.5. The van der Waals surface area contributed by atoms with Crippen molar-refractivity contribution in [2.75, 3.05) is 6.54 Å². The fourth-order valence-corrected chi connectivity index (χ4v) is 5.36. The maximum atomic E-state index is 12.8. The number of benzene rings is 3. The number of phenolic OH excluding ortho intramolecular Hbond substituents is 2. The largest absolute Gasteiger partial charge is 0.508 e. The van der Waals surface area contributed by atoms with Crippen LogP contribution in [0.25, 0.3) is 0 Å². The summed E-state index contributed by atoms with van der Waals surface area (Å²) in [6.45, 7) is 4.35. The number of amides is 2. The normalized spacial score (nSPS) is 14.5. The fourth-order valence-electron chi connectivity index (χ4n) is 5.36. The van der Waals surface area contributed by atoms with Crippen molar-refractivity contribution in [3.63, 3.8) is 0 Å². The van der Waals surface area contributed by atoms with Crippen molar-refractivity contribution >= 4 is 17.5 Å². The average molecular weight is 503 g/mol. The zero-order valence-corrected chi connectivity index (χ0v) is 20.9. The molecule has 8 heteroatoms. The van der Waals surface area contributed by atoms with Gasteiger partial charge in [0, 0.05) is 12.6 Å². The predicted octanol–water partition coefficient (Wildman–Crippen LogP) is 5.92. The Kier molecular flexibility index (Phi) is 7.57. The van der Waals surface area contributed by atoms with Crippen LogP contribution in [0.2, 0.25) is 0 Å². The second-order valence-electron chi connectivity index (χ2n) is 9.33. The third-order valence-corrected chi connectivity index (χ3v) is 7.22. The quantitative estimate of drug-likeness (QED) is 0.202. The lowest BCUT2D eigenvalue weighted by molar-refractivity contribution is -0.385. The smallest absolute Gasteiger partial charge is 0.282 e. The highest BCUT2D eigenvalue weighted by atomic mass is 16.6. The van der Waals surface area contributed by atoms with E-state index in [0.717, 1.165) is 34.4 Å². The second kappa shape index (κ2) is 10.8. The lowest BCUT2D eigenvalue weighted by Crippen LogP contribution is -2.31. The summed E-state index contributed by atoms with van der Waals surface area (Å²) in [5.74, 6) is -0.383. The Hall–Kier alpha value is -4.20. The highest BCUT2D eigenvalue weighted by Crippen LogP contribution is 2.40. The van der Waals surface area contributed by atoms with Gasteiger partial charge in [0.2, 0.25) is 0 Å². The Balaban J connectivity index is 1.49. The lowest BCUT2D eigenvalue weighted by atomic mass is 9.78. The number of nitro benzene ring substituents is 1. The number of carbonyl (C=O) groups is 2. The standard InChI is InChI=1S/C29H30N2O6/c1-3-22(18-10-13-21(32)14-11-18)23(4-2)19-12-15-26(33)20(17-19)7-6-16-30-28(34)24-8-5-9-25(31(36)37)27(24)29(30)35/h5,8-15,17,22-23,32-33H,3-4,6-7,16H2,1-2H3. The van der Waals surface area contributed by atoms with Gasteiger partial charge in [-0.05, 0) is 78.5 Å². The van der Waals surface area contributed by atoms with E-state index < -0.39 is 16.7 Å². The minimum absolute atomic E-state index is 0.0506. The summed E-state index contributed by atoms with van der Waals surface area (Å²) < 4.78 is 0. The van der Waals surface area contributed by atoms with E-state index in [9.17, 15) is 29.9 Å². The highest BCUT2D eigenvalue weighted by Gasteiger charge is 2.40. The topological polar surface area (TPSA) is 121 Å². The molecular weight excluding hydrogens is 472 g/mol. The van der Waals surface area contributed by atoms with E-state index in [1.807, 2.05) is 24.3 Å². The third kappa shape index (κ3) is 5.05. The predicted molar refractivity (Wildman–Crippen MR) is 139 cm³/mol. The molecule has 1 heterocycles. The lowest BCUT2D eigenvalue weighted by Gasteiger charge is -2.27. The minimum Gasteiger partial charge on any atom is -0.508 e. The molecule has 0 radical (unpaired) electrons. The number of phenols is 2. The van der Waals surface area contributed by atoms with E-state index in [2.05, 4.69) is 13.8 Å². The molecule has 0 aromatic heterocycles. The Morgan fingerprint density at radius 2 is 1.54 bits per heavy atom. The van der Waals surface area contributed by atoms with Gasteiger partial charge in [0.25, 0.3) is 17.5 Å². The summed E-state index contributed by atoms with van der Waals surface area (Å²) in [7, 11) is 0. The third-order valence-electron chi connectivity index (χ3n) is 7.22. The number of rotatable bonds is 10. The van der Waals surface area contributed by atoms with Crippen molar-refractivity contribution in [2.24, 2.45) is 0 Å². The number of hydrogen-bond acceptors (Lipinski definition) is 6. The van der Waals surface area contributed by atoms with Crippen molar-refractivity contribution in [2.45, 2.75) is 51.4 Å². The number of nitro groups is 1. The van der Waals surface area contributed by atoms with Crippen LogP contribution in [0.3, 0.4) is 0 Å². The molecule has 2 unspecified atom stereocenters.